The average molecular weight is 521 g/mol. The Bertz CT molecular complexity index is 1200. The molecule has 4 aliphatic rings. The van der Waals surface area contributed by atoms with Crippen LogP contribution in [0.4, 0.5) is 0 Å². The smallest absolute Gasteiger partial charge is 0.153 e. The van der Waals surface area contributed by atoms with Gasteiger partial charge in [0.25, 0.3) is 0 Å². The fourth-order valence-electron chi connectivity index (χ4n) is 7.99. The van der Waals surface area contributed by atoms with E-state index in [0.717, 1.165) is 60.7 Å². The Balaban J connectivity index is 1.33. The minimum absolute atomic E-state index is 0.0493. The number of allylic oxidation sites excluding steroid dienone is 3. The van der Waals surface area contributed by atoms with Gasteiger partial charge in [0.1, 0.15) is 0 Å². The summed E-state index contributed by atoms with van der Waals surface area (Å²) >= 11 is 3.49. The summed E-state index contributed by atoms with van der Waals surface area (Å²) in [4.78, 5) is 12.1. The normalized spacial score (nSPS) is 36.7. The molecule has 6 atom stereocenters. The van der Waals surface area contributed by atoms with E-state index in [4.69, 9.17) is 5.10 Å². The summed E-state index contributed by atoms with van der Waals surface area (Å²) < 4.78 is 2.87. The number of carbonyl (C=O) groups excluding carboxylic acids is 1. The van der Waals surface area contributed by atoms with Gasteiger partial charge >= 0.3 is 0 Å². The van der Waals surface area contributed by atoms with Crippen LogP contribution < -0.4 is 0 Å². The van der Waals surface area contributed by atoms with Gasteiger partial charge in [-0.15, -0.1) is 0 Å². The zero-order chi connectivity index (χ0) is 23.7. The Labute approximate surface area is 210 Å². The quantitative estimate of drug-likeness (QED) is 0.359. The molecule has 1 N–H and O–H groups in total. The van der Waals surface area contributed by atoms with Gasteiger partial charge in [-0.05, 0) is 103 Å². The molecule has 0 bridgehead atoms. The van der Waals surface area contributed by atoms with Crippen molar-refractivity contribution in [2.75, 3.05) is 0 Å². The molecule has 1 aromatic carbocycles. The molecule has 0 spiro atoms. The summed E-state index contributed by atoms with van der Waals surface area (Å²) in [5, 5.41) is 15.2. The van der Waals surface area contributed by atoms with E-state index in [1.165, 1.54) is 17.6 Å². The van der Waals surface area contributed by atoms with Gasteiger partial charge in [0, 0.05) is 10.7 Å². The molecule has 4 nitrogen and oxygen atoms in total. The third kappa shape index (κ3) is 3.26. The van der Waals surface area contributed by atoms with Gasteiger partial charge in [-0.1, -0.05) is 47.5 Å². The second-order valence-corrected chi connectivity index (χ2v) is 12.4. The lowest BCUT2D eigenvalue weighted by molar-refractivity contribution is -0.0238. The Hall–Kier alpha value is -1.98. The fourth-order valence-corrected chi connectivity index (χ4v) is 8.25. The molecule has 6 rings (SSSR count). The fraction of sp³-hybridized carbons (Fsp3) is 0.517. The molecule has 1 heterocycles. The van der Waals surface area contributed by atoms with E-state index in [1.807, 2.05) is 35.1 Å². The van der Waals surface area contributed by atoms with Crippen LogP contribution >= 0.6 is 15.9 Å². The van der Waals surface area contributed by atoms with Crippen molar-refractivity contribution >= 4 is 27.8 Å². The molecule has 1 aromatic heterocycles. The van der Waals surface area contributed by atoms with Crippen molar-refractivity contribution in [1.29, 1.82) is 0 Å². The van der Waals surface area contributed by atoms with Crippen molar-refractivity contribution in [2.45, 2.75) is 64.9 Å². The Morgan fingerprint density at radius 2 is 1.82 bits per heavy atom. The molecule has 0 saturated heterocycles. The molecular weight excluding hydrogens is 488 g/mol. The van der Waals surface area contributed by atoms with E-state index in [1.54, 1.807) is 0 Å². The first-order valence-corrected chi connectivity index (χ1v) is 13.5. The Morgan fingerprint density at radius 3 is 2.59 bits per heavy atom. The minimum Gasteiger partial charge on any atom is -0.393 e. The summed E-state index contributed by atoms with van der Waals surface area (Å²) in [6.07, 6.45) is 15.0. The number of benzene rings is 1. The second kappa shape index (κ2) is 8.03. The number of aliphatic hydroxyl groups excluding tert-OH is 1. The monoisotopic (exact) mass is 520 g/mol. The van der Waals surface area contributed by atoms with Crippen LogP contribution in [0.15, 0.2) is 52.7 Å². The number of carbonyl (C=O) groups is 1. The van der Waals surface area contributed by atoms with Gasteiger partial charge in [0.2, 0.25) is 0 Å². The van der Waals surface area contributed by atoms with Crippen LogP contribution in [0.2, 0.25) is 0 Å². The highest BCUT2D eigenvalue weighted by Crippen LogP contribution is 2.66. The molecule has 34 heavy (non-hydrogen) atoms. The largest absolute Gasteiger partial charge is 0.393 e. The molecule has 4 aliphatic carbocycles. The lowest BCUT2D eigenvalue weighted by atomic mass is 9.47. The molecule has 0 unspecified atom stereocenters. The maximum atomic E-state index is 12.1. The number of aromatic nitrogens is 2. The van der Waals surface area contributed by atoms with Gasteiger partial charge < -0.3 is 5.11 Å². The number of aliphatic hydroxyl groups is 1. The maximum absolute atomic E-state index is 12.1. The van der Waals surface area contributed by atoms with Gasteiger partial charge in [-0.2, -0.15) is 5.10 Å². The number of nitrogens with zero attached hydrogens (tertiary/aromatic N) is 2. The summed E-state index contributed by atoms with van der Waals surface area (Å²) in [5.74, 6) is 1.93. The predicted octanol–water partition coefficient (Wildman–Crippen LogP) is 6.76. The first-order chi connectivity index (χ1) is 16.3. The van der Waals surface area contributed by atoms with Crippen LogP contribution in [-0.2, 0) is 0 Å². The number of rotatable bonds is 3. The van der Waals surface area contributed by atoms with E-state index in [9.17, 15) is 9.90 Å². The molecule has 2 saturated carbocycles. The zero-order valence-corrected chi connectivity index (χ0v) is 21.6. The van der Waals surface area contributed by atoms with Crippen molar-refractivity contribution in [3.63, 3.8) is 0 Å². The predicted molar refractivity (Wildman–Crippen MR) is 138 cm³/mol. The molecule has 0 amide bonds. The topological polar surface area (TPSA) is 55.1 Å². The van der Waals surface area contributed by atoms with Crippen molar-refractivity contribution < 1.29 is 9.90 Å². The van der Waals surface area contributed by atoms with E-state index >= 15 is 0 Å². The van der Waals surface area contributed by atoms with Gasteiger partial charge in [0.15, 0.2) is 6.29 Å². The number of aldehydes is 1. The average Bonchev–Trinajstić information content (AvgIpc) is 3.40. The third-order valence-corrected chi connectivity index (χ3v) is 10.4. The first-order valence-electron chi connectivity index (χ1n) is 12.7. The van der Waals surface area contributed by atoms with Crippen LogP contribution in [0.25, 0.3) is 11.3 Å². The van der Waals surface area contributed by atoms with Crippen molar-refractivity contribution in [2.24, 2.45) is 28.6 Å². The standard InChI is InChI=1S/C29H33BrN2O2/c1-28-13-11-22(34)15-19(28)3-8-23-24-9-10-26(29(24,2)14-12-25(23)28)27-18(17-33)16-32(31-27)21-6-4-20(30)5-7-21/h3-7,10,16-17,22-25,34H,8-9,11-15H2,1-2H3/t22-,23-,24-,25-,28-,29-/m0/s1. The van der Waals surface area contributed by atoms with Crippen LogP contribution in [-0.4, -0.2) is 27.3 Å². The number of hydrogen-bond donors (Lipinski definition) is 1. The highest BCUT2D eigenvalue weighted by molar-refractivity contribution is 9.10. The van der Waals surface area contributed by atoms with Crippen LogP contribution in [0.5, 0.6) is 0 Å². The number of halogens is 1. The number of fused-ring (bicyclic) bond motifs is 5. The minimum atomic E-state index is -0.160. The van der Waals surface area contributed by atoms with Gasteiger partial charge in [-0.3, -0.25) is 4.79 Å². The second-order valence-electron chi connectivity index (χ2n) is 11.4. The van der Waals surface area contributed by atoms with Crippen molar-refractivity contribution in [3.8, 4) is 5.69 Å². The lowest BCUT2D eigenvalue weighted by Gasteiger charge is -2.57. The highest BCUT2D eigenvalue weighted by Gasteiger charge is 2.57. The van der Waals surface area contributed by atoms with Gasteiger partial charge in [0.05, 0.1) is 23.0 Å². The van der Waals surface area contributed by atoms with Crippen molar-refractivity contribution in [1.82, 2.24) is 9.78 Å². The molecule has 0 aliphatic heterocycles. The molecule has 178 valence electrons. The molecular formula is C29H33BrN2O2. The van der Waals surface area contributed by atoms with Crippen LogP contribution in [0, 0.1) is 28.6 Å². The van der Waals surface area contributed by atoms with E-state index in [2.05, 4.69) is 41.9 Å². The Kier molecular flexibility index (Phi) is 5.31. The number of hydrogen-bond acceptors (Lipinski definition) is 3. The summed E-state index contributed by atoms with van der Waals surface area (Å²) in [6.45, 7) is 4.89. The van der Waals surface area contributed by atoms with E-state index in [0.29, 0.717) is 23.3 Å². The van der Waals surface area contributed by atoms with Crippen LogP contribution in [0.1, 0.15) is 74.8 Å². The van der Waals surface area contributed by atoms with Crippen LogP contribution in [0.3, 0.4) is 0 Å². The summed E-state index contributed by atoms with van der Waals surface area (Å²) in [6, 6.07) is 8.03. The van der Waals surface area contributed by atoms with E-state index in [-0.39, 0.29) is 16.9 Å². The van der Waals surface area contributed by atoms with Crippen molar-refractivity contribution in [3.05, 3.63) is 63.9 Å². The molecule has 2 fully saturated rings. The third-order valence-electron chi connectivity index (χ3n) is 9.87. The summed E-state index contributed by atoms with van der Waals surface area (Å²) in [7, 11) is 0. The zero-order valence-electron chi connectivity index (χ0n) is 20.0. The summed E-state index contributed by atoms with van der Waals surface area (Å²) in [5.41, 5.74) is 5.57. The first kappa shape index (κ1) is 22.5. The highest BCUT2D eigenvalue weighted by atomic mass is 79.9. The Morgan fingerprint density at radius 1 is 1.06 bits per heavy atom. The van der Waals surface area contributed by atoms with E-state index < -0.39 is 0 Å². The molecule has 2 aromatic rings. The SMILES string of the molecule is C[C@]12CC[C@H](O)CC1=CC[C@@H]1[C@@H]2CC[C@]2(C)C(c3nn(-c4ccc(Br)cc4)cc3C=O)=CC[C@@H]12. The maximum Gasteiger partial charge on any atom is 0.153 e. The molecule has 5 heteroatoms. The molecule has 0 radical (unpaired) electrons. The van der Waals surface area contributed by atoms with Gasteiger partial charge in [-0.25, -0.2) is 4.68 Å². The lowest BCUT2D eigenvalue weighted by Crippen LogP contribution is -2.49.